The van der Waals surface area contributed by atoms with Crippen LogP contribution in [0, 0.1) is 0 Å². The molecule has 2 amide bonds. The minimum Gasteiger partial charge on any atom is -0.369 e. The zero-order valence-corrected chi connectivity index (χ0v) is 20.5. The van der Waals surface area contributed by atoms with Crippen molar-refractivity contribution in [3.05, 3.63) is 77.9 Å². The second-order valence-corrected chi connectivity index (χ2v) is 11.6. The third-order valence-corrected chi connectivity index (χ3v) is 8.02. The number of sulfonamides is 1. The van der Waals surface area contributed by atoms with Gasteiger partial charge in [-0.2, -0.15) is 0 Å². The van der Waals surface area contributed by atoms with Gasteiger partial charge in [-0.3, -0.25) is 4.90 Å². The molecular weight excluding hydrogens is 450 g/mol. The molecule has 0 bridgehead atoms. The number of carbonyl (C=O) groups is 1. The number of fused-ring (bicyclic) bond motifs is 1. The number of anilines is 1. The minimum absolute atomic E-state index is 0.0214. The molecule has 2 unspecified atom stereocenters. The van der Waals surface area contributed by atoms with E-state index >= 15 is 0 Å². The van der Waals surface area contributed by atoms with Crippen LogP contribution in [0.3, 0.4) is 0 Å². The lowest BCUT2D eigenvalue weighted by atomic mass is 10.1. The van der Waals surface area contributed by atoms with E-state index in [1.807, 2.05) is 57.2 Å². The van der Waals surface area contributed by atoms with Crippen LogP contribution in [0.25, 0.3) is 0 Å². The van der Waals surface area contributed by atoms with Gasteiger partial charge in [-0.05, 0) is 49.9 Å². The van der Waals surface area contributed by atoms with E-state index in [9.17, 15) is 13.2 Å². The molecule has 0 saturated carbocycles. The molecule has 180 valence electrons. The monoisotopic (exact) mass is 481 g/mol. The van der Waals surface area contributed by atoms with Crippen molar-refractivity contribution in [3.8, 4) is 0 Å². The Morgan fingerprint density at radius 3 is 2.59 bits per heavy atom. The molecule has 8 nitrogen and oxygen atoms in total. The van der Waals surface area contributed by atoms with Crippen LogP contribution >= 0.6 is 0 Å². The lowest BCUT2D eigenvalue weighted by molar-refractivity contribution is 0.238. The molecule has 0 aromatic heterocycles. The molecular formula is C25H31N5O3S. The van der Waals surface area contributed by atoms with E-state index in [0.717, 1.165) is 16.8 Å². The number of nitrogens with zero attached hydrogens (tertiary/aromatic N) is 3. The van der Waals surface area contributed by atoms with Gasteiger partial charge in [0.2, 0.25) is 16.0 Å². The van der Waals surface area contributed by atoms with Crippen molar-refractivity contribution in [2.45, 2.75) is 44.0 Å². The van der Waals surface area contributed by atoms with E-state index in [4.69, 9.17) is 5.73 Å². The maximum absolute atomic E-state index is 13.6. The SMILES string of the molecule is C=CC(c1ccc2c(c1)CCN2C(=O)NC(C)(C)C)S(=O)(=O)N1CC(c2ccccc2)N=C1N. The van der Waals surface area contributed by atoms with E-state index in [0.29, 0.717) is 18.5 Å². The van der Waals surface area contributed by atoms with E-state index in [-0.39, 0.29) is 30.1 Å². The average Bonchev–Trinajstić information content (AvgIpc) is 3.37. The Balaban J connectivity index is 1.58. The van der Waals surface area contributed by atoms with Crippen LogP contribution in [-0.2, 0) is 16.4 Å². The molecule has 0 fully saturated rings. The molecule has 2 aromatic rings. The van der Waals surface area contributed by atoms with Crippen LogP contribution in [0.2, 0.25) is 0 Å². The fourth-order valence-electron chi connectivity index (χ4n) is 4.37. The van der Waals surface area contributed by atoms with Gasteiger partial charge in [0.05, 0.1) is 12.6 Å². The van der Waals surface area contributed by atoms with Crippen molar-refractivity contribution < 1.29 is 13.2 Å². The molecule has 0 spiro atoms. The molecule has 4 rings (SSSR count). The highest BCUT2D eigenvalue weighted by molar-refractivity contribution is 7.90. The summed E-state index contributed by atoms with van der Waals surface area (Å²) < 4.78 is 28.4. The average molecular weight is 482 g/mol. The highest BCUT2D eigenvalue weighted by atomic mass is 32.2. The number of guanidine groups is 1. The molecule has 34 heavy (non-hydrogen) atoms. The summed E-state index contributed by atoms with van der Waals surface area (Å²) in [6, 6.07) is 14.4. The third kappa shape index (κ3) is 4.52. The van der Waals surface area contributed by atoms with Crippen molar-refractivity contribution in [2.75, 3.05) is 18.0 Å². The summed E-state index contributed by atoms with van der Waals surface area (Å²) >= 11 is 0. The van der Waals surface area contributed by atoms with Crippen molar-refractivity contribution >= 4 is 27.7 Å². The van der Waals surface area contributed by atoms with Crippen molar-refractivity contribution in [1.82, 2.24) is 9.62 Å². The van der Waals surface area contributed by atoms with Crippen molar-refractivity contribution in [3.63, 3.8) is 0 Å². The number of nitrogens with one attached hydrogen (secondary N) is 1. The lowest BCUT2D eigenvalue weighted by Crippen LogP contribution is -2.48. The Morgan fingerprint density at radius 1 is 1.24 bits per heavy atom. The summed E-state index contributed by atoms with van der Waals surface area (Å²) in [7, 11) is -3.90. The smallest absolute Gasteiger partial charge is 0.322 e. The van der Waals surface area contributed by atoms with Gasteiger partial charge in [-0.1, -0.05) is 48.5 Å². The quantitative estimate of drug-likeness (QED) is 0.637. The zero-order chi connectivity index (χ0) is 24.7. The van der Waals surface area contributed by atoms with Crippen LogP contribution in [0.4, 0.5) is 10.5 Å². The summed E-state index contributed by atoms with van der Waals surface area (Å²) in [4.78, 5) is 18.8. The first-order chi connectivity index (χ1) is 16.0. The van der Waals surface area contributed by atoms with Gasteiger partial charge in [0.25, 0.3) is 0 Å². The summed E-state index contributed by atoms with van der Waals surface area (Å²) in [5.41, 5.74) is 8.92. The number of urea groups is 1. The first kappa shape index (κ1) is 23.8. The Bertz CT molecular complexity index is 1230. The topological polar surface area (TPSA) is 108 Å². The zero-order valence-electron chi connectivity index (χ0n) is 19.7. The fourth-order valence-corrected chi connectivity index (χ4v) is 6.03. The first-order valence-corrected chi connectivity index (χ1v) is 12.8. The molecule has 2 aliphatic heterocycles. The molecule has 3 N–H and O–H groups in total. The van der Waals surface area contributed by atoms with E-state index < -0.39 is 15.3 Å². The second-order valence-electron chi connectivity index (χ2n) is 9.62. The maximum atomic E-state index is 13.6. The van der Waals surface area contributed by atoms with Crippen LogP contribution in [0.1, 0.15) is 48.8 Å². The van der Waals surface area contributed by atoms with E-state index in [2.05, 4.69) is 16.9 Å². The summed E-state index contributed by atoms with van der Waals surface area (Å²) in [6.07, 6.45) is 2.06. The van der Waals surface area contributed by atoms with Gasteiger partial charge in [-0.15, -0.1) is 6.58 Å². The predicted octanol–water partition coefficient (Wildman–Crippen LogP) is 3.49. The maximum Gasteiger partial charge on any atom is 0.322 e. The third-order valence-electron chi connectivity index (χ3n) is 5.96. The van der Waals surface area contributed by atoms with Crippen LogP contribution in [0.5, 0.6) is 0 Å². The summed E-state index contributed by atoms with van der Waals surface area (Å²) in [6.45, 7) is 10.3. The molecule has 0 aliphatic carbocycles. The largest absolute Gasteiger partial charge is 0.369 e. The molecule has 9 heteroatoms. The number of carbonyl (C=O) groups excluding carboxylic acids is 1. The van der Waals surface area contributed by atoms with Gasteiger partial charge in [0, 0.05) is 17.8 Å². The molecule has 2 aliphatic rings. The Morgan fingerprint density at radius 2 is 1.94 bits per heavy atom. The fraction of sp³-hybridized carbons (Fsp3) is 0.360. The highest BCUT2D eigenvalue weighted by Gasteiger charge is 2.39. The Hall–Kier alpha value is -3.33. The minimum atomic E-state index is -3.90. The summed E-state index contributed by atoms with van der Waals surface area (Å²) in [5, 5.41) is 1.99. The lowest BCUT2D eigenvalue weighted by Gasteiger charge is -2.26. The number of amides is 2. The summed E-state index contributed by atoms with van der Waals surface area (Å²) in [5.74, 6) is -0.0214. The standard InChI is InChI=1S/C25H31N5O3S/c1-5-22(34(32,33)30-16-20(27-23(30)26)17-9-7-6-8-10-17)19-11-12-21-18(15-19)13-14-29(21)24(31)28-25(2,3)4/h5-12,15,20,22H,1,13-14,16H2,2-4H3,(H2,26,27)(H,28,31). The molecule has 2 heterocycles. The van der Waals surface area contributed by atoms with Crippen molar-refractivity contribution in [1.29, 1.82) is 0 Å². The number of rotatable bonds is 5. The molecule has 0 saturated heterocycles. The van der Waals surface area contributed by atoms with Gasteiger partial charge >= 0.3 is 6.03 Å². The number of hydrogen-bond acceptors (Lipinski definition) is 5. The van der Waals surface area contributed by atoms with Gasteiger partial charge in [-0.25, -0.2) is 22.5 Å². The van der Waals surface area contributed by atoms with Gasteiger partial charge < -0.3 is 11.1 Å². The number of hydrogen-bond donors (Lipinski definition) is 2. The van der Waals surface area contributed by atoms with Crippen LogP contribution in [0.15, 0.2) is 66.2 Å². The number of benzene rings is 2. The molecule has 0 radical (unpaired) electrons. The van der Waals surface area contributed by atoms with Crippen LogP contribution in [-0.4, -0.2) is 43.3 Å². The van der Waals surface area contributed by atoms with E-state index in [1.165, 1.54) is 10.4 Å². The predicted molar refractivity (Wildman–Crippen MR) is 135 cm³/mol. The Kier molecular flexibility index (Phi) is 6.16. The Labute approximate surface area is 201 Å². The molecule has 2 aromatic carbocycles. The number of aliphatic imine (C=N–C) groups is 1. The van der Waals surface area contributed by atoms with Crippen LogP contribution < -0.4 is 16.0 Å². The highest BCUT2D eigenvalue weighted by Crippen LogP contribution is 2.36. The molecule has 2 atom stereocenters. The first-order valence-electron chi connectivity index (χ1n) is 11.3. The van der Waals surface area contributed by atoms with E-state index in [1.54, 1.807) is 17.0 Å². The van der Waals surface area contributed by atoms with Gasteiger partial charge in [0.15, 0.2) is 0 Å². The normalized spacial score (nSPS) is 18.9. The van der Waals surface area contributed by atoms with Crippen molar-refractivity contribution in [2.24, 2.45) is 10.7 Å². The second kappa shape index (κ2) is 8.79. The number of nitrogens with two attached hydrogens (primary N) is 1. The van der Waals surface area contributed by atoms with Gasteiger partial charge in [0.1, 0.15) is 5.25 Å².